The second-order valence-electron chi connectivity index (χ2n) is 3.46. The van der Waals surface area contributed by atoms with Crippen molar-refractivity contribution in [2.75, 3.05) is 4.72 Å². The molecule has 0 fully saturated rings. The van der Waals surface area contributed by atoms with E-state index >= 15 is 0 Å². The highest BCUT2D eigenvalue weighted by atomic mass is 32.2. The van der Waals surface area contributed by atoms with Gasteiger partial charge in [-0.1, -0.05) is 30.3 Å². The van der Waals surface area contributed by atoms with Crippen molar-refractivity contribution >= 4 is 42.9 Å². The van der Waals surface area contributed by atoms with Crippen molar-refractivity contribution in [1.82, 2.24) is 0 Å². The number of hydrogen-bond donors (Lipinski definition) is 2. The molecule has 86 valence electrons. The number of fused-ring (bicyclic) bond motifs is 1. The van der Waals surface area contributed by atoms with E-state index in [1.165, 1.54) is 0 Å². The second kappa shape index (κ2) is 4.78. The first kappa shape index (κ1) is 12.0. The maximum absolute atomic E-state index is 10.7. The standard InChI is InChI=1S/C11H10N2O2SSi/c12-11(17)10-8-4-2-1-3-7(8)5-6-9(10)13-16(14)15/h1-6,13H,12H2,(H,14,15)/p-1. The molecule has 0 bridgehead atoms. The van der Waals surface area contributed by atoms with Gasteiger partial charge in [-0.2, -0.15) is 0 Å². The number of hydrogen-bond acceptors (Lipinski definition) is 3. The van der Waals surface area contributed by atoms with E-state index in [1.807, 2.05) is 30.3 Å². The minimum absolute atomic E-state index is 0.384. The fourth-order valence-corrected chi connectivity index (χ4v) is 2.36. The molecular formula is C11H9N2O2SSi-. The molecule has 1 unspecified atom stereocenters. The van der Waals surface area contributed by atoms with E-state index in [0.29, 0.717) is 16.5 Å². The first-order valence-corrected chi connectivity index (χ1v) is 6.39. The summed E-state index contributed by atoms with van der Waals surface area (Å²) < 4.78 is 23.7. The maximum atomic E-state index is 10.7. The van der Waals surface area contributed by atoms with E-state index in [2.05, 4.69) is 14.6 Å². The SMILES string of the molecule is NC(=[Si])c1c(NS(=O)[O-])ccc2ccccc12. The van der Waals surface area contributed by atoms with Crippen LogP contribution in [0.2, 0.25) is 0 Å². The largest absolute Gasteiger partial charge is 0.755 e. The summed E-state index contributed by atoms with van der Waals surface area (Å²) in [5, 5.41) is 2.26. The molecule has 0 amide bonds. The minimum atomic E-state index is -2.38. The smallest absolute Gasteiger partial charge is 0.0649 e. The molecule has 2 aromatic rings. The third-order valence-corrected chi connectivity index (χ3v) is 3.03. The number of nitrogens with two attached hydrogens (primary N) is 1. The Bertz CT molecular complexity index is 615. The van der Waals surface area contributed by atoms with Crippen molar-refractivity contribution in [3.05, 3.63) is 42.0 Å². The van der Waals surface area contributed by atoms with Crippen LogP contribution in [0.1, 0.15) is 5.56 Å². The summed E-state index contributed by atoms with van der Waals surface area (Å²) in [5.74, 6) is 0. The van der Waals surface area contributed by atoms with Gasteiger partial charge in [-0.25, -0.2) is 0 Å². The maximum Gasteiger partial charge on any atom is 0.0649 e. The van der Waals surface area contributed by atoms with Gasteiger partial charge in [-0.3, -0.25) is 4.21 Å². The average molecular weight is 261 g/mol. The molecule has 6 heteroatoms. The molecule has 0 aromatic heterocycles. The van der Waals surface area contributed by atoms with Gasteiger partial charge in [0.25, 0.3) is 0 Å². The van der Waals surface area contributed by atoms with Crippen LogP contribution in [0.15, 0.2) is 36.4 Å². The minimum Gasteiger partial charge on any atom is -0.755 e. The second-order valence-corrected chi connectivity index (χ2v) is 4.67. The lowest BCUT2D eigenvalue weighted by Crippen LogP contribution is -2.17. The van der Waals surface area contributed by atoms with Crippen molar-refractivity contribution in [2.45, 2.75) is 0 Å². The van der Waals surface area contributed by atoms with Crippen LogP contribution in [0.25, 0.3) is 10.8 Å². The molecule has 0 saturated carbocycles. The average Bonchev–Trinajstić information content (AvgIpc) is 2.27. The summed E-state index contributed by atoms with van der Waals surface area (Å²) in [6, 6.07) is 11.1. The molecule has 0 saturated heterocycles. The summed E-state index contributed by atoms with van der Waals surface area (Å²) in [7, 11) is 3.25. The molecule has 2 aromatic carbocycles. The Morgan fingerprint density at radius 3 is 2.65 bits per heavy atom. The topological polar surface area (TPSA) is 78.2 Å². The van der Waals surface area contributed by atoms with Gasteiger partial charge >= 0.3 is 0 Å². The van der Waals surface area contributed by atoms with Gasteiger partial charge in [0.05, 0.1) is 15.5 Å². The third-order valence-electron chi connectivity index (χ3n) is 2.39. The summed E-state index contributed by atoms with van der Waals surface area (Å²) in [6.45, 7) is 0. The molecule has 0 aliphatic heterocycles. The van der Waals surface area contributed by atoms with E-state index in [-0.39, 0.29) is 0 Å². The Kier molecular flexibility index (Phi) is 3.37. The summed E-state index contributed by atoms with van der Waals surface area (Å²) in [5.41, 5.74) is 6.84. The first-order valence-electron chi connectivity index (χ1n) is 4.81. The Hall–Kier alpha value is -1.50. The first-order chi connectivity index (χ1) is 8.09. The van der Waals surface area contributed by atoms with Crippen molar-refractivity contribution in [2.24, 2.45) is 5.73 Å². The van der Waals surface area contributed by atoms with Crippen molar-refractivity contribution in [3.8, 4) is 0 Å². The number of benzene rings is 2. The highest BCUT2D eigenvalue weighted by Crippen LogP contribution is 2.25. The fraction of sp³-hybridized carbons (Fsp3) is 0. The van der Waals surface area contributed by atoms with Gasteiger partial charge in [0.1, 0.15) is 0 Å². The van der Waals surface area contributed by atoms with Crippen LogP contribution in [-0.4, -0.2) is 23.9 Å². The Morgan fingerprint density at radius 2 is 2.00 bits per heavy atom. The molecule has 0 aliphatic rings. The van der Waals surface area contributed by atoms with Gasteiger partial charge in [0.15, 0.2) is 0 Å². The van der Waals surface area contributed by atoms with Crippen LogP contribution in [0.5, 0.6) is 0 Å². The molecule has 2 radical (unpaired) electrons. The molecular weight excluding hydrogens is 252 g/mol. The number of rotatable bonds is 3. The molecule has 0 heterocycles. The van der Waals surface area contributed by atoms with E-state index in [1.54, 1.807) is 6.07 Å². The van der Waals surface area contributed by atoms with Crippen molar-refractivity contribution in [3.63, 3.8) is 0 Å². The zero-order chi connectivity index (χ0) is 12.4. The van der Waals surface area contributed by atoms with Gasteiger partial charge in [0, 0.05) is 22.1 Å². The third kappa shape index (κ3) is 2.43. The fourth-order valence-electron chi connectivity index (χ4n) is 1.74. The predicted molar refractivity (Wildman–Crippen MR) is 70.5 cm³/mol. The van der Waals surface area contributed by atoms with Gasteiger partial charge in [-0.15, -0.1) is 0 Å². The van der Waals surface area contributed by atoms with Gasteiger partial charge in [-0.05, 0) is 16.8 Å². The van der Waals surface area contributed by atoms with E-state index in [4.69, 9.17) is 5.73 Å². The summed E-state index contributed by atoms with van der Waals surface area (Å²) >= 11 is -2.38. The monoisotopic (exact) mass is 261 g/mol. The van der Waals surface area contributed by atoms with Crippen LogP contribution in [0, 0.1) is 0 Å². The molecule has 17 heavy (non-hydrogen) atoms. The predicted octanol–water partition coefficient (Wildman–Crippen LogP) is 0.651. The van der Waals surface area contributed by atoms with Crippen molar-refractivity contribution < 1.29 is 8.76 Å². The number of nitrogens with one attached hydrogen (secondary N) is 1. The Balaban J connectivity index is 2.72. The Morgan fingerprint density at radius 1 is 1.29 bits per heavy atom. The molecule has 4 nitrogen and oxygen atoms in total. The van der Waals surface area contributed by atoms with Gasteiger partial charge < -0.3 is 15.0 Å². The molecule has 1 atom stereocenters. The van der Waals surface area contributed by atoms with Crippen LogP contribution >= 0.6 is 0 Å². The van der Waals surface area contributed by atoms with Gasteiger partial charge in [0.2, 0.25) is 0 Å². The molecule has 0 spiro atoms. The highest BCUT2D eigenvalue weighted by Gasteiger charge is 2.08. The van der Waals surface area contributed by atoms with E-state index < -0.39 is 11.3 Å². The quantitative estimate of drug-likeness (QED) is 0.629. The molecule has 0 aliphatic carbocycles. The molecule has 3 N–H and O–H groups in total. The zero-order valence-corrected chi connectivity index (χ0v) is 10.6. The Labute approximate surface area is 104 Å². The lowest BCUT2D eigenvalue weighted by Gasteiger charge is -2.15. The zero-order valence-electron chi connectivity index (χ0n) is 8.77. The normalized spacial score (nSPS) is 12.3. The lowest BCUT2D eigenvalue weighted by molar-refractivity contribution is 0.542. The van der Waals surface area contributed by atoms with Crippen LogP contribution in [0.3, 0.4) is 0 Å². The number of anilines is 1. The summed E-state index contributed by atoms with van der Waals surface area (Å²) in [4.78, 5) is 0. The highest BCUT2D eigenvalue weighted by molar-refractivity contribution is 7.80. The van der Waals surface area contributed by atoms with Crippen LogP contribution in [0.4, 0.5) is 5.69 Å². The van der Waals surface area contributed by atoms with E-state index in [9.17, 15) is 8.76 Å². The van der Waals surface area contributed by atoms with Crippen molar-refractivity contribution in [1.29, 1.82) is 0 Å². The molecule has 2 rings (SSSR count). The van der Waals surface area contributed by atoms with E-state index in [0.717, 1.165) is 10.8 Å². The van der Waals surface area contributed by atoms with Crippen LogP contribution < -0.4 is 10.5 Å². The van der Waals surface area contributed by atoms with Crippen LogP contribution in [-0.2, 0) is 11.3 Å². The lowest BCUT2D eigenvalue weighted by atomic mass is 10.0. The summed E-state index contributed by atoms with van der Waals surface area (Å²) in [6.07, 6.45) is 0.